The lowest BCUT2D eigenvalue weighted by Crippen LogP contribution is -2.38. The van der Waals surface area contributed by atoms with Gasteiger partial charge in [0, 0.05) is 31.6 Å². The van der Waals surface area contributed by atoms with E-state index in [0.29, 0.717) is 25.1 Å². The first kappa shape index (κ1) is 17.5. The third-order valence-corrected chi connectivity index (χ3v) is 4.69. The second kappa shape index (κ2) is 8.14. The number of amides is 2. The molecule has 0 aliphatic carbocycles. The summed E-state index contributed by atoms with van der Waals surface area (Å²) in [4.78, 5) is 39.3. The van der Waals surface area contributed by atoms with Gasteiger partial charge in [-0.25, -0.2) is 4.79 Å². The zero-order valence-electron chi connectivity index (χ0n) is 14.4. The molecule has 0 aromatic heterocycles. The van der Waals surface area contributed by atoms with Crippen molar-refractivity contribution in [2.24, 2.45) is 0 Å². The van der Waals surface area contributed by atoms with Gasteiger partial charge in [-0.1, -0.05) is 12.8 Å². The minimum absolute atomic E-state index is 0.00873. The first-order chi connectivity index (χ1) is 12.1. The standard InChI is InChI=1S/C19H24N2O4/c22-17-6-3-1-2-4-12-20(17)14-19(24)25-16-10-8-15(9-11-16)21-13-5-7-18(21)23/h8-11H,1-7,12-14H2. The van der Waals surface area contributed by atoms with E-state index in [-0.39, 0.29) is 18.4 Å². The molecular weight excluding hydrogens is 320 g/mol. The number of carbonyl (C=O) groups is 3. The van der Waals surface area contributed by atoms with Gasteiger partial charge in [0.2, 0.25) is 11.8 Å². The number of hydrogen-bond acceptors (Lipinski definition) is 4. The highest BCUT2D eigenvalue weighted by Gasteiger charge is 2.22. The predicted octanol–water partition coefficient (Wildman–Crippen LogP) is 2.51. The minimum Gasteiger partial charge on any atom is -0.425 e. The molecular formula is C19H24N2O4. The molecule has 2 heterocycles. The molecule has 2 saturated heterocycles. The second-order valence-electron chi connectivity index (χ2n) is 6.60. The summed E-state index contributed by atoms with van der Waals surface area (Å²) < 4.78 is 5.35. The summed E-state index contributed by atoms with van der Waals surface area (Å²) in [6, 6.07) is 6.95. The molecule has 1 aromatic carbocycles. The largest absolute Gasteiger partial charge is 0.425 e. The van der Waals surface area contributed by atoms with E-state index in [1.54, 1.807) is 34.1 Å². The number of benzene rings is 1. The number of rotatable bonds is 4. The Kier molecular flexibility index (Phi) is 5.68. The lowest BCUT2D eigenvalue weighted by Gasteiger charge is -2.23. The summed E-state index contributed by atoms with van der Waals surface area (Å²) in [7, 11) is 0. The zero-order chi connectivity index (χ0) is 17.6. The Morgan fingerprint density at radius 3 is 2.32 bits per heavy atom. The Morgan fingerprint density at radius 1 is 0.880 bits per heavy atom. The molecule has 0 unspecified atom stereocenters. The minimum atomic E-state index is -0.432. The molecule has 2 amide bonds. The van der Waals surface area contributed by atoms with Crippen LogP contribution in [0.1, 0.15) is 44.9 Å². The number of ether oxygens (including phenoxy) is 1. The van der Waals surface area contributed by atoms with Crippen LogP contribution in [0.15, 0.2) is 24.3 Å². The third-order valence-electron chi connectivity index (χ3n) is 4.69. The van der Waals surface area contributed by atoms with E-state index in [1.807, 2.05) is 0 Å². The highest BCUT2D eigenvalue weighted by Crippen LogP contribution is 2.24. The average molecular weight is 344 g/mol. The number of likely N-dealkylation sites (tertiary alicyclic amines) is 1. The van der Waals surface area contributed by atoms with Gasteiger partial charge in [0.25, 0.3) is 0 Å². The van der Waals surface area contributed by atoms with Crippen molar-refractivity contribution < 1.29 is 19.1 Å². The van der Waals surface area contributed by atoms with Crippen LogP contribution in [0.4, 0.5) is 5.69 Å². The number of hydrogen-bond donors (Lipinski definition) is 0. The lowest BCUT2D eigenvalue weighted by atomic mass is 10.1. The van der Waals surface area contributed by atoms with E-state index in [1.165, 1.54) is 0 Å². The van der Waals surface area contributed by atoms with E-state index in [4.69, 9.17) is 4.74 Å². The first-order valence-corrected chi connectivity index (χ1v) is 9.02. The van der Waals surface area contributed by atoms with Crippen LogP contribution < -0.4 is 9.64 Å². The fourth-order valence-corrected chi connectivity index (χ4v) is 3.32. The SMILES string of the molecule is O=C(CN1CCCCCCC1=O)Oc1ccc(N2CCCC2=O)cc1. The smallest absolute Gasteiger partial charge is 0.331 e. The van der Waals surface area contributed by atoms with Gasteiger partial charge in [-0.15, -0.1) is 0 Å². The molecule has 2 fully saturated rings. The maximum Gasteiger partial charge on any atom is 0.331 e. The van der Waals surface area contributed by atoms with Crippen LogP contribution in [-0.2, 0) is 14.4 Å². The first-order valence-electron chi connectivity index (χ1n) is 9.02. The fourth-order valence-electron chi connectivity index (χ4n) is 3.32. The summed E-state index contributed by atoms with van der Waals surface area (Å²) >= 11 is 0. The van der Waals surface area contributed by atoms with E-state index in [2.05, 4.69) is 0 Å². The van der Waals surface area contributed by atoms with Gasteiger partial charge in [-0.2, -0.15) is 0 Å². The van der Waals surface area contributed by atoms with E-state index >= 15 is 0 Å². The monoisotopic (exact) mass is 344 g/mol. The molecule has 25 heavy (non-hydrogen) atoms. The quantitative estimate of drug-likeness (QED) is 0.622. The van der Waals surface area contributed by atoms with Crippen LogP contribution in [0, 0.1) is 0 Å². The van der Waals surface area contributed by atoms with Gasteiger partial charge in [-0.3, -0.25) is 9.59 Å². The van der Waals surface area contributed by atoms with Crippen molar-refractivity contribution in [3.8, 4) is 5.75 Å². The summed E-state index contributed by atoms with van der Waals surface area (Å²) in [5.74, 6) is 0.152. The lowest BCUT2D eigenvalue weighted by molar-refractivity contribution is -0.143. The normalized spacial score (nSPS) is 18.9. The van der Waals surface area contributed by atoms with Crippen LogP contribution in [-0.4, -0.2) is 42.3 Å². The van der Waals surface area contributed by atoms with Crippen molar-refractivity contribution in [2.45, 2.75) is 44.9 Å². The van der Waals surface area contributed by atoms with Gasteiger partial charge in [0.15, 0.2) is 0 Å². The highest BCUT2D eigenvalue weighted by atomic mass is 16.5. The molecule has 1 aromatic rings. The van der Waals surface area contributed by atoms with Gasteiger partial charge >= 0.3 is 5.97 Å². The Hall–Kier alpha value is -2.37. The second-order valence-corrected chi connectivity index (χ2v) is 6.60. The Labute approximate surface area is 147 Å². The van der Waals surface area contributed by atoms with Gasteiger partial charge in [-0.05, 0) is 43.5 Å². The van der Waals surface area contributed by atoms with Gasteiger partial charge in [0.05, 0.1) is 0 Å². The molecule has 2 aliphatic rings. The Bertz CT molecular complexity index is 641. The number of carbonyl (C=O) groups excluding carboxylic acids is 3. The highest BCUT2D eigenvalue weighted by molar-refractivity contribution is 5.95. The molecule has 2 aliphatic heterocycles. The number of anilines is 1. The van der Waals surface area contributed by atoms with Crippen molar-refractivity contribution in [1.29, 1.82) is 0 Å². The van der Waals surface area contributed by atoms with E-state index in [0.717, 1.165) is 44.3 Å². The zero-order valence-corrected chi connectivity index (χ0v) is 14.4. The van der Waals surface area contributed by atoms with Crippen LogP contribution in [0.25, 0.3) is 0 Å². The molecule has 0 spiro atoms. The van der Waals surface area contributed by atoms with Gasteiger partial charge in [0.1, 0.15) is 12.3 Å². The molecule has 0 saturated carbocycles. The van der Waals surface area contributed by atoms with Crippen LogP contribution in [0.2, 0.25) is 0 Å². The fraction of sp³-hybridized carbons (Fsp3) is 0.526. The number of esters is 1. The van der Waals surface area contributed by atoms with Crippen LogP contribution in [0.5, 0.6) is 5.75 Å². The molecule has 6 heteroatoms. The predicted molar refractivity (Wildman–Crippen MR) is 93.3 cm³/mol. The summed E-state index contributed by atoms with van der Waals surface area (Å²) in [5, 5.41) is 0. The van der Waals surface area contributed by atoms with Crippen LogP contribution >= 0.6 is 0 Å². The van der Waals surface area contributed by atoms with Crippen molar-refractivity contribution in [3.63, 3.8) is 0 Å². The molecule has 6 nitrogen and oxygen atoms in total. The van der Waals surface area contributed by atoms with E-state index in [9.17, 15) is 14.4 Å². The van der Waals surface area contributed by atoms with Gasteiger partial charge < -0.3 is 14.5 Å². The molecule has 0 bridgehead atoms. The molecule has 0 radical (unpaired) electrons. The Balaban J connectivity index is 1.55. The van der Waals surface area contributed by atoms with Crippen molar-refractivity contribution in [2.75, 3.05) is 24.5 Å². The van der Waals surface area contributed by atoms with E-state index < -0.39 is 5.97 Å². The molecule has 0 atom stereocenters. The topological polar surface area (TPSA) is 66.9 Å². The summed E-state index contributed by atoms with van der Waals surface area (Å²) in [5.41, 5.74) is 0.821. The molecule has 0 N–H and O–H groups in total. The molecule has 3 rings (SSSR count). The number of nitrogens with zero attached hydrogens (tertiary/aromatic N) is 2. The maximum atomic E-state index is 12.1. The molecule has 134 valence electrons. The summed E-state index contributed by atoms with van der Waals surface area (Å²) in [6.45, 7) is 1.34. The third kappa shape index (κ3) is 4.59. The Morgan fingerprint density at radius 2 is 1.60 bits per heavy atom. The van der Waals surface area contributed by atoms with Crippen LogP contribution in [0.3, 0.4) is 0 Å². The summed E-state index contributed by atoms with van der Waals surface area (Å²) in [6.07, 6.45) is 5.95. The van der Waals surface area contributed by atoms with Crippen molar-refractivity contribution in [3.05, 3.63) is 24.3 Å². The van der Waals surface area contributed by atoms with Crippen molar-refractivity contribution >= 4 is 23.5 Å². The maximum absolute atomic E-state index is 12.1. The average Bonchev–Trinajstić information content (AvgIpc) is 3.01. The van der Waals surface area contributed by atoms with Crippen molar-refractivity contribution in [1.82, 2.24) is 4.90 Å².